The van der Waals surface area contributed by atoms with Crippen LogP contribution in [0.15, 0.2) is 21.0 Å². The van der Waals surface area contributed by atoms with Gasteiger partial charge in [-0.3, -0.25) is 0 Å². The molecule has 0 nitrogen and oxygen atoms in total. The van der Waals surface area contributed by atoms with Crippen molar-refractivity contribution in [3.8, 4) is 0 Å². The van der Waals surface area contributed by atoms with Crippen LogP contribution in [-0.2, 0) is 50.9 Å². The maximum Gasteiger partial charge on any atom is 0 e. The van der Waals surface area contributed by atoms with E-state index in [0.29, 0.717) is 0 Å². The summed E-state index contributed by atoms with van der Waals surface area (Å²) in [6.07, 6.45) is 7.07. The number of halogens is 3. The molecule has 0 bridgehead atoms. The maximum absolute atomic E-state index is 2.30. The Hall–Kier alpha value is 2.12. The Morgan fingerprint density at radius 1 is 1.29 bits per heavy atom. The molecule has 0 N–H and O–H groups in total. The first-order valence-corrected chi connectivity index (χ1v) is 5.03. The quantitative estimate of drug-likeness (QED) is 0.641. The molecule has 0 spiro atoms. The van der Waals surface area contributed by atoms with Crippen molar-refractivity contribution in [2.45, 2.75) is 26.7 Å². The molecule has 0 amide bonds. The van der Waals surface area contributed by atoms with E-state index in [4.69, 9.17) is 0 Å². The van der Waals surface area contributed by atoms with Crippen LogP contribution < -0.4 is 0 Å². The van der Waals surface area contributed by atoms with Crippen LogP contribution in [-0.4, -0.2) is 0 Å². The third-order valence-corrected chi connectivity index (χ3v) is 2.95. The molecule has 0 atom stereocenters. The Bertz CT molecular complexity index is 188. The minimum atomic E-state index is 0. The topological polar surface area (TPSA) is 0 Å². The van der Waals surface area contributed by atoms with E-state index in [1.165, 1.54) is 12.8 Å². The van der Waals surface area contributed by atoms with Gasteiger partial charge in [0.05, 0.1) is 0 Å². The van der Waals surface area contributed by atoms with Gasteiger partial charge in [0.25, 0.3) is 0 Å². The van der Waals surface area contributed by atoms with Gasteiger partial charge in [-0.15, -0.1) is 37.2 Å². The Labute approximate surface area is 140 Å². The van der Waals surface area contributed by atoms with Crippen LogP contribution >= 0.6 is 37.2 Å². The van der Waals surface area contributed by atoms with E-state index in [2.05, 4.69) is 26.0 Å². The molecule has 0 unspecified atom stereocenters. The molecule has 0 aliphatic heterocycles. The summed E-state index contributed by atoms with van der Waals surface area (Å²) in [5, 5.41) is 0. The van der Waals surface area contributed by atoms with Gasteiger partial charge >= 0.3 is 78.3 Å². The van der Waals surface area contributed by atoms with Crippen molar-refractivity contribution < 1.29 is 50.9 Å². The monoisotopic (exact) mass is 409 g/mol. The summed E-state index contributed by atoms with van der Waals surface area (Å²) >= 11 is 1.60. The van der Waals surface area contributed by atoms with Crippen LogP contribution in [0.3, 0.4) is 0 Å². The molecular weight excluding hydrogens is 397 g/mol. The predicted molar refractivity (Wildman–Crippen MR) is 62.0 cm³/mol. The van der Waals surface area contributed by atoms with Crippen LogP contribution in [0.2, 0.25) is 0 Å². The molecule has 0 heterocycles. The fraction of sp³-hybridized carbons (Fsp3) is 0.556. The molecule has 14 heavy (non-hydrogen) atoms. The van der Waals surface area contributed by atoms with Crippen molar-refractivity contribution in [1.82, 2.24) is 0 Å². The summed E-state index contributed by atoms with van der Waals surface area (Å²) in [7, 11) is 0. The molecular formula is C9H16Cl3Zr2. The van der Waals surface area contributed by atoms with Gasteiger partial charge in [0.1, 0.15) is 0 Å². The van der Waals surface area contributed by atoms with Gasteiger partial charge in [-0.2, -0.15) is 0 Å². The fourth-order valence-corrected chi connectivity index (χ4v) is 1.93. The van der Waals surface area contributed by atoms with Crippen molar-refractivity contribution >= 4 is 37.2 Å². The van der Waals surface area contributed by atoms with Gasteiger partial charge in [-0.1, -0.05) is 0 Å². The largest absolute Gasteiger partial charge is 0.147 e. The van der Waals surface area contributed by atoms with Crippen molar-refractivity contribution in [1.29, 1.82) is 0 Å². The fourth-order valence-electron chi connectivity index (χ4n) is 1.18. The van der Waals surface area contributed by atoms with E-state index >= 15 is 0 Å². The SMILES string of the molecule is CC(C)CC1=[C]([Zr])CC=C1.Cl.Cl.Cl.[Zr]. The van der Waals surface area contributed by atoms with Crippen LogP contribution in [0.25, 0.3) is 0 Å². The molecule has 0 radical (unpaired) electrons. The minimum absolute atomic E-state index is 0. The second kappa shape index (κ2) is 13.2. The van der Waals surface area contributed by atoms with E-state index in [-0.39, 0.29) is 63.4 Å². The van der Waals surface area contributed by atoms with Gasteiger partial charge in [0.15, 0.2) is 0 Å². The molecule has 1 rings (SSSR count). The van der Waals surface area contributed by atoms with E-state index in [1.54, 1.807) is 33.6 Å². The number of hydrogen-bond acceptors (Lipinski definition) is 0. The van der Waals surface area contributed by atoms with Gasteiger partial charge in [-0.05, 0) is 0 Å². The van der Waals surface area contributed by atoms with E-state index in [1.807, 2.05) is 0 Å². The summed E-state index contributed by atoms with van der Waals surface area (Å²) in [5.74, 6) is 0.813. The summed E-state index contributed by atoms with van der Waals surface area (Å²) in [6.45, 7) is 4.56. The molecule has 0 saturated heterocycles. The van der Waals surface area contributed by atoms with Gasteiger partial charge in [0, 0.05) is 26.2 Å². The average molecular weight is 413 g/mol. The summed E-state index contributed by atoms with van der Waals surface area (Å²) in [5.41, 5.74) is 1.60. The number of allylic oxidation sites excluding steroid dienone is 4. The molecule has 5 heteroatoms. The van der Waals surface area contributed by atoms with Crippen molar-refractivity contribution in [3.63, 3.8) is 0 Å². The predicted octanol–water partition coefficient (Wildman–Crippen LogP) is 4.06. The summed E-state index contributed by atoms with van der Waals surface area (Å²) in [6, 6.07) is 0. The molecule has 1 aliphatic rings. The first-order valence-electron chi connectivity index (χ1n) is 3.80. The smallest absolute Gasteiger partial charge is 0 e. The molecule has 1 aliphatic carbocycles. The zero-order chi connectivity index (χ0) is 7.56. The third-order valence-electron chi connectivity index (χ3n) is 1.66. The van der Waals surface area contributed by atoms with Gasteiger partial charge < -0.3 is 0 Å². The first-order chi connectivity index (χ1) is 4.70. The van der Waals surface area contributed by atoms with E-state index < -0.39 is 0 Å². The summed E-state index contributed by atoms with van der Waals surface area (Å²) < 4.78 is 1.65. The van der Waals surface area contributed by atoms with Crippen molar-refractivity contribution in [2.24, 2.45) is 5.92 Å². The Morgan fingerprint density at radius 3 is 2.07 bits per heavy atom. The first kappa shape index (κ1) is 25.1. The minimum Gasteiger partial charge on any atom is -0.147 e. The zero-order valence-corrected chi connectivity index (χ0v) is 15.7. The Balaban J connectivity index is -0.000000125. The van der Waals surface area contributed by atoms with Crippen molar-refractivity contribution in [2.75, 3.05) is 0 Å². The van der Waals surface area contributed by atoms with Crippen LogP contribution in [0.5, 0.6) is 0 Å². The van der Waals surface area contributed by atoms with E-state index in [0.717, 1.165) is 5.92 Å². The molecule has 0 aromatic heterocycles. The summed E-state index contributed by atoms with van der Waals surface area (Å²) in [4.78, 5) is 0. The zero-order valence-electron chi connectivity index (χ0n) is 8.37. The van der Waals surface area contributed by atoms with Crippen molar-refractivity contribution in [3.05, 3.63) is 21.0 Å². The normalized spacial score (nSPS) is 12.4. The maximum atomic E-state index is 2.30. The Kier molecular flexibility index (Phi) is 23.6. The Morgan fingerprint density at radius 2 is 1.79 bits per heavy atom. The standard InChI is InChI=1S/C9H13.3ClH.2Zr/c1-8(2)7-9-5-3-4-6-9;;;;;/h3,5,8H,4,7H2,1-2H3;3*1H;;. The second-order valence-corrected chi connectivity index (χ2v) is 4.69. The van der Waals surface area contributed by atoms with Crippen LogP contribution in [0.1, 0.15) is 26.7 Å². The average Bonchev–Trinajstić information content (AvgIpc) is 2.15. The second-order valence-electron chi connectivity index (χ2n) is 3.21. The molecule has 0 saturated carbocycles. The molecule has 81 valence electrons. The molecule has 0 aromatic rings. The number of hydrogen-bond donors (Lipinski definition) is 0. The van der Waals surface area contributed by atoms with Gasteiger partial charge in [-0.25, -0.2) is 0 Å². The third kappa shape index (κ3) is 9.35. The molecule has 0 fully saturated rings. The van der Waals surface area contributed by atoms with Crippen LogP contribution in [0.4, 0.5) is 0 Å². The number of rotatable bonds is 2. The van der Waals surface area contributed by atoms with Gasteiger partial charge in [0.2, 0.25) is 0 Å². The molecule has 0 aromatic carbocycles. The van der Waals surface area contributed by atoms with Crippen LogP contribution in [0, 0.1) is 5.92 Å². The van der Waals surface area contributed by atoms with E-state index in [9.17, 15) is 0 Å².